The van der Waals surface area contributed by atoms with Crippen molar-refractivity contribution in [3.8, 4) is 0 Å². The molecular weight excluding hydrogens is 382 g/mol. The minimum absolute atomic E-state index is 0.106. The highest BCUT2D eigenvalue weighted by atomic mass is 16.5. The standard InChI is InChI=1S/C22H27N5O3/c1-14-10-17(4-6-19(14)27-9-8-23-22(27)29)21(28)25-18-5-7-20(24-11-18)26-12-15(2)30-16(3)13-26/h4-7,10-11,15-16H,8-9,12-13H2,1-3H3,(H,23,29)(H,25,28). The first-order valence-electron chi connectivity index (χ1n) is 10.2. The van der Waals surface area contributed by atoms with Crippen LogP contribution in [-0.2, 0) is 4.74 Å². The number of aryl methyl sites for hydroxylation is 1. The Bertz CT molecular complexity index is 936. The van der Waals surface area contributed by atoms with Crippen LogP contribution in [-0.4, -0.2) is 55.3 Å². The van der Waals surface area contributed by atoms with Gasteiger partial charge in [0.25, 0.3) is 5.91 Å². The van der Waals surface area contributed by atoms with Gasteiger partial charge in [0.05, 0.1) is 24.1 Å². The van der Waals surface area contributed by atoms with E-state index < -0.39 is 0 Å². The second kappa shape index (κ2) is 8.31. The summed E-state index contributed by atoms with van der Waals surface area (Å²) in [5, 5.41) is 5.68. The average Bonchev–Trinajstić information content (AvgIpc) is 3.13. The van der Waals surface area contributed by atoms with Crippen LogP contribution in [0.15, 0.2) is 36.5 Å². The third kappa shape index (κ3) is 4.23. The number of benzene rings is 1. The van der Waals surface area contributed by atoms with Crippen LogP contribution in [0.4, 0.5) is 22.0 Å². The molecule has 8 heteroatoms. The van der Waals surface area contributed by atoms with Gasteiger partial charge in [0, 0.05) is 37.4 Å². The molecule has 1 aromatic carbocycles. The molecule has 2 atom stereocenters. The number of anilines is 3. The molecule has 2 unspecified atom stereocenters. The number of ether oxygens (including phenoxy) is 1. The Hall–Kier alpha value is -3.13. The van der Waals surface area contributed by atoms with Crippen molar-refractivity contribution < 1.29 is 14.3 Å². The number of nitrogens with one attached hydrogen (secondary N) is 2. The molecule has 2 aliphatic heterocycles. The lowest BCUT2D eigenvalue weighted by molar-refractivity contribution is -0.00545. The molecule has 2 fully saturated rings. The van der Waals surface area contributed by atoms with Crippen molar-refractivity contribution >= 4 is 29.1 Å². The summed E-state index contributed by atoms with van der Waals surface area (Å²) in [4.78, 5) is 33.0. The zero-order valence-electron chi connectivity index (χ0n) is 17.5. The minimum Gasteiger partial charge on any atom is -0.372 e. The summed E-state index contributed by atoms with van der Waals surface area (Å²) in [6, 6.07) is 9.03. The highest BCUT2D eigenvalue weighted by Crippen LogP contribution is 2.24. The topological polar surface area (TPSA) is 86.8 Å². The largest absolute Gasteiger partial charge is 0.372 e. The Balaban J connectivity index is 1.42. The van der Waals surface area contributed by atoms with E-state index in [4.69, 9.17) is 4.74 Å². The Labute approximate surface area is 176 Å². The van der Waals surface area contributed by atoms with Gasteiger partial charge < -0.3 is 20.3 Å². The number of carbonyl (C=O) groups excluding carboxylic acids is 2. The number of aromatic nitrogens is 1. The van der Waals surface area contributed by atoms with E-state index in [0.29, 0.717) is 24.3 Å². The zero-order chi connectivity index (χ0) is 21.3. The number of carbonyl (C=O) groups is 2. The van der Waals surface area contributed by atoms with Gasteiger partial charge in [-0.15, -0.1) is 0 Å². The van der Waals surface area contributed by atoms with Gasteiger partial charge >= 0.3 is 6.03 Å². The van der Waals surface area contributed by atoms with Crippen LogP contribution in [0.3, 0.4) is 0 Å². The van der Waals surface area contributed by atoms with E-state index in [-0.39, 0.29) is 24.1 Å². The Morgan fingerprint density at radius 1 is 1.20 bits per heavy atom. The summed E-state index contributed by atoms with van der Waals surface area (Å²) in [6.45, 7) is 8.86. The van der Waals surface area contributed by atoms with Gasteiger partial charge in [-0.3, -0.25) is 9.69 Å². The summed E-state index contributed by atoms with van der Waals surface area (Å²) in [7, 11) is 0. The average molecular weight is 409 g/mol. The lowest BCUT2D eigenvalue weighted by Gasteiger charge is -2.36. The van der Waals surface area contributed by atoms with Gasteiger partial charge in [0.2, 0.25) is 0 Å². The number of hydrogen-bond donors (Lipinski definition) is 2. The van der Waals surface area contributed by atoms with Gasteiger partial charge in [0.1, 0.15) is 5.82 Å². The molecule has 0 bridgehead atoms. The van der Waals surface area contributed by atoms with Gasteiger partial charge in [-0.1, -0.05) is 0 Å². The van der Waals surface area contributed by atoms with E-state index in [1.54, 1.807) is 23.2 Å². The Kier molecular flexibility index (Phi) is 5.59. The maximum Gasteiger partial charge on any atom is 0.322 e. The minimum atomic E-state index is -0.210. The van der Waals surface area contributed by atoms with Crippen molar-refractivity contribution in [2.75, 3.05) is 41.3 Å². The fourth-order valence-corrected chi connectivity index (χ4v) is 4.02. The van der Waals surface area contributed by atoms with E-state index in [9.17, 15) is 9.59 Å². The molecule has 8 nitrogen and oxygen atoms in total. The summed E-state index contributed by atoms with van der Waals surface area (Å²) in [5.74, 6) is 0.665. The molecule has 0 saturated carbocycles. The molecule has 3 heterocycles. The quantitative estimate of drug-likeness (QED) is 0.811. The Morgan fingerprint density at radius 2 is 1.97 bits per heavy atom. The van der Waals surface area contributed by atoms with Gasteiger partial charge in [-0.05, 0) is 56.7 Å². The SMILES string of the molecule is Cc1cc(C(=O)Nc2ccc(N3CC(C)OC(C)C3)nc2)ccc1N1CCNC1=O. The molecule has 0 spiro atoms. The lowest BCUT2D eigenvalue weighted by atomic mass is 10.1. The number of nitrogens with zero attached hydrogens (tertiary/aromatic N) is 3. The van der Waals surface area contributed by atoms with Crippen LogP contribution in [0, 0.1) is 6.92 Å². The molecule has 0 aliphatic carbocycles. The predicted octanol–water partition coefficient (Wildman–Crippen LogP) is 2.79. The summed E-state index contributed by atoms with van der Waals surface area (Å²) >= 11 is 0. The van der Waals surface area contributed by atoms with Crippen LogP contribution in [0.25, 0.3) is 0 Å². The lowest BCUT2D eigenvalue weighted by Crippen LogP contribution is -2.45. The second-order valence-electron chi connectivity index (χ2n) is 7.91. The zero-order valence-corrected chi connectivity index (χ0v) is 17.5. The smallest absolute Gasteiger partial charge is 0.322 e. The van der Waals surface area contributed by atoms with Crippen LogP contribution < -0.4 is 20.4 Å². The van der Waals surface area contributed by atoms with E-state index in [0.717, 1.165) is 30.2 Å². The molecule has 3 amide bonds. The molecule has 2 saturated heterocycles. The maximum absolute atomic E-state index is 12.7. The first-order chi connectivity index (χ1) is 14.4. The van der Waals surface area contributed by atoms with Gasteiger partial charge in [-0.2, -0.15) is 0 Å². The summed E-state index contributed by atoms with van der Waals surface area (Å²) in [5.41, 5.74) is 2.87. The van der Waals surface area contributed by atoms with Crippen LogP contribution >= 0.6 is 0 Å². The molecule has 4 rings (SSSR count). The molecule has 0 radical (unpaired) electrons. The Morgan fingerprint density at radius 3 is 2.57 bits per heavy atom. The monoisotopic (exact) mass is 409 g/mol. The van der Waals surface area contributed by atoms with Gasteiger partial charge in [-0.25, -0.2) is 9.78 Å². The number of rotatable bonds is 4. The summed E-state index contributed by atoms with van der Waals surface area (Å²) < 4.78 is 5.77. The predicted molar refractivity (Wildman–Crippen MR) is 116 cm³/mol. The van der Waals surface area contributed by atoms with Crippen molar-refractivity contribution in [2.24, 2.45) is 0 Å². The van der Waals surface area contributed by atoms with Gasteiger partial charge in [0.15, 0.2) is 0 Å². The normalized spacial score (nSPS) is 21.5. The first kappa shape index (κ1) is 20.2. The van der Waals surface area contributed by atoms with Crippen molar-refractivity contribution in [3.63, 3.8) is 0 Å². The molecule has 1 aromatic heterocycles. The highest BCUT2D eigenvalue weighted by molar-refractivity contribution is 6.05. The van der Waals surface area contributed by atoms with Crippen molar-refractivity contribution in [3.05, 3.63) is 47.7 Å². The van der Waals surface area contributed by atoms with E-state index in [1.807, 2.05) is 25.1 Å². The van der Waals surface area contributed by atoms with E-state index in [2.05, 4.69) is 34.4 Å². The molecule has 2 aromatic rings. The number of urea groups is 1. The summed E-state index contributed by atoms with van der Waals surface area (Å²) in [6.07, 6.45) is 1.99. The van der Waals surface area contributed by atoms with Crippen LogP contribution in [0.2, 0.25) is 0 Å². The highest BCUT2D eigenvalue weighted by Gasteiger charge is 2.24. The number of amides is 3. The molecule has 158 valence electrons. The van der Waals surface area contributed by atoms with Crippen molar-refractivity contribution in [1.29, 1.82) is 0 Å². The molecule has 30 heavy (non-hydrogen) atoms. The third-order valence-electron chi connectivity index (χ3n) is 5.36. The number of morpholine rings is 1. The number of pyridine rings is 1. The fraction of sp³-hybridized carbons (Fsp3) is 0.409. The van der Waals surface area contributed by atoms with E-state index in [1.165, 1.54) is 0 Å². The van der Waals surface area contributed by atoms with Crippen LogP contribution in [0.5, 0.6) is 0 Å². The molecular formula is C22H27N5O3. The van der Waals surface area contributed by atoms with E-state index >= 15 is 0 Å². The molecule has 2 aliphatic rings. The molecule has 2 N–H and O–H groups in total. The van der Waals surface area contributed by atoms with Crippen molar-refractivity contribution in [1.82, 2.24) is 10.3 Å². The number of hydrogen-bond acceptors (Lipinski definition) is 5. The fourth-order valence-electron chi connectivity index (χ4n) is 4.02. The van der Waals surface area contributed by atoms with Crippen molar-refractivity contribution in [2.45, 2.75) is 33.0 Å². The maximum atomic E-state index is 12.7. The van der Waals surface area contributed by atoms with Crippen LogP contribution in [0.1, 0.15) is 29.8 Å². The third-order valence-corrected chi connectivity index (χ3v) is 5.36. The second-order valence-corrected chi connectivity index (χ2v) is 7.91. The first-order valence-corrected chi connectivity index (χ1v) is 10.2.